The fourth-order valence-electron chi connectivity index (χ4n) is 4.21. The molecule has 5 nitrogen and oxygen atoms in total. The Morgan fingerprint density at radius 1 is 1.24 bits per heavy atom. The number of likely N-dealkylation sites (tertiary alicyclic amines) is 1. The molecule has 2 aliphatic rings. The zero-order valence-electron chi connectivity index (χ0n) is 15.2. The van der Waals surface area contributed by atoms with E-state index in [0.29, 0.717) is 39.3 Å². The van der Waals surface area contributed by atoms with E-state index in [1.54, 1.807) is 0 Å². The molecule has 1 aromatic rings. The quantitative estimate of drug-likeness (QED) is 0.842. The lowest BCUT2D eigenvalue weighted by Gasteiger charge is -2.38. The van der Waals surface area contributed by atoms with Gasteiger partial charge in [0.2, 0.25) is 11.8 Å². The van der Waals surface area contributed by atoms with E-state index in [9.17, 15) is 9.59 Å². The van der Waals surface area contributed by atoms with E-state index in [2.05, 4.69) is 0 Å². The molecule has 0 radical (unpaired) electrons. The molecule has 136 valence electrons. The molecule has 5 heteroatoms. The predicted molar refractivity (Wildman–Crippen MR) is 95.8 cm³/mol. The summed E-state index contributed by atoms with van der Waals surface area (Å²) in [7, 11) is 1.87. The summed E-state index contributed by atoms with van der Waals surface area (Å²) < 4.78 is 5.53. The SMILES string of the molecule is CCC(=O)N1CC(C(=O)N(C)Cc2ccccc2)C2(CCOCC2)C1. The van der Waals surface area contributed by atoms with Crippen LogP contribution in [0.15, 0.2) is 30.3 Å². The van der Waals surface area contributed by atoms with Crippen molar-refractivity contribution >= 4 is 11.8 Å². The van der Waals surface area contributed by atoms with Crippen LogP contribution in [0.25, 0.3) is 0 Å². The molecule has 2 amide bonds. The Bertz CT molecular complexity index is 611. The molecule has 1 spiro atoms. The maximum absolute atomic E-state index is 13.2. The van der Waals surface area contributed by atoms with Gasteiger partial charge in [-0.2, -0.15) is 0 Å². The topological polar surface area (TPSA) is 49.9 Å². The first-order chi connectivity index (χ1) is 12.1. The number of hydrogen-bond donors (Lipinski definition) is 0. The van der Waals surface area contributed by atoms with Gasteiger partial charge < -0.3 is 14.5 Å². The molecule has 0 N–H and O–H groups in total. The number of hydrogen-bond acceptors (Lipinski definition) is 3. The van der Waals surface area contributed by atoms with Crippen LogP contribution < -0.4 is 0 Å². The van der Waals surface area contributed by atoms with Crippen LogP contribution in [0.5, 0.6) is 0 Å². The van der Waals surface area contributed by atoms with E-state index < -0.39 is 0 Å². The van der Waals surface area contributed by atoms with E-state index >= 15 is 0 Å². The lowest BCUT2D eigenvalue weighted by atomic mass is 9.71. The highest BCUT2D eigenvalue weighted by Crippen LogP contribution is 2.45. The minimum absolute atomic E-state index is 0.120. The van der Waals surface area contributed by atoms with Crippen LogP contribution in [0.3, 0.4) is 0 Å². The Morgan fingerprint density at radius 2 is 1.92 bits per heavy atom. The molecular weight excluding hydrogens is 316 g/mol. The van der Waals surface area contributed by atoms with Crippen LogP contribution in [0, 0.1) is 11.3 Å². The summed E-state index contributed by atoms with van der Waals surface area (Å²) in [5.41, 5.74) is 1.00. The number of carbonyl (C=O) groups excluding carboxylic acids is 2. The van der Waals surface area contributed by atoms with Gasteiger partial charge in [0, 0.05) is 51.7 Å². The molecule has 2 saturated heterocycles. The summed E-state index contributed by atoms with van der Waals surface area (Å²) in [5, 5.41) is 0. The molecule has 1 atom stereocenters. The van der Waals surface area contributed by atoms with Crippen molar-refractivity contribution < 1.29 is 14.3 Å². The highest BCUT2D eigenvalue weighted by Gasteiger charge is 2.52. The summed E-state index contributed by atoms with van der Waals surface area (Å²) in [6.07, 6.45) is 2.21. The van der Waals surface area contributed by atoms with Crippen molar-refractivity contribution in [1.82, 2.24) is 9.80 Å². The smallest absolute Gasteiger partial charge is 0.228 e. The standard InChI is InChI=1S/C20H28N2O3/c1-3-18(23)22-14-17(20(15-22)9-11-25-12-10-20)19(24)21(2)13-16-7-5-4-6-8-16/h4-8,17H,3,9-15H2,1-2H3. The Labute approximate surface area is 149 Å². The van der Waals surface area contributed by atoms with Gasteiger partial charge in [0.05, 0.1) is 5.92 Å². The second kappa shape index (κ2) is 7.56. The van der Waals surface area contributed by atoms with Gasteiger partial charge >= 0.3 is 0 Å². The van der Waals surface area contributed by atoms with E-state index in [-0.39, 0.29) is 23.1 Å². The molecular formula is C20H28N2O3. The van der Waals surface area contributed by atoms with Crippen molar-refractivity contribution in [3.63, 3.8) is 0 Å². The highest BCUT2D eigenvalue weighted by atomic mass is 16.5. The van der Waals surface area contributed by atoms with Crippen molar-refractivity contribution in [3.8, 4) is 0 Å². The van der Waals surface area contributed by atoms with Crippen LogP contribution in [0.2, 0.25) is 0 Å². The lowest BCUT2D eigenvalue weighted by molar-refractivity contribution is -0.139. The number of carbonyl (C=O) groups is 2. The number of rotatable bonds is 4. The van der Waals surface area contributed by atoms with Crippen molar-refractivity contribution in [3.05, 3.63) is 35.9 Å². The molecule has 0 bridgehead atoms. The number of ether oxygens (including phenoxy) is 1. The summed E-state index contributed by atoms with van der Waals surface area (Å²) in [6.45, 7) is 5.09. The minimum Gasteiger partial charge on any atom is -0.381 e. The number of benzene rings is 1. The summed E-state index contributed by atoms with van der Waals surface area (Å²) in [6, 6.07) is 10.0. The zero-order valence-corrected chi connectivity index (χ0v) is 15.2. The van der Waals surface area contributed by atoms with Crippen molar-refractivity contribution in [1.29, 1.82) is 0 Å². The minimum atomic E-state index is -0.124. The van der Waals surface area contributed by atoms with Crippen LogP contribution in [0.4, 0.5) is 0 Å². The molecule has 1 unspecified atom stereocenters. The maximum Gasteiger partial charge on any atom is 0.228 e. The second-order valence-corrected chi connectivity index (χ2v) is 7.34. The summed E-state index contributed by atoms with van der Waals surface area (Å²) in [5.74, 6) is 0.171. The van der Waals surface area contributed by atoms with Gasteiger partial charge in [-0.25, -0.2) is 0 Å². The molecule has 2 heterocycles. The average molecular weight is 344 g/mol. The normalized spacial score (nSPS) is 22.2. The number of nitrogens with zero attached hydrogens (tertiary/aromatic N) is 2. The van der Waals surface area contributed by atoms with Gasteiger partial charge in [0.1, 0.15) is 0 Å². The first-order valence-electron chi connectivity index (χ1n) is 9.20. The highest BCUT2D eigenvalue weighted by molar-refractivity contribution is 5.83. The van der Waals surface area contributed by atoms with Gasteiger partial charge in [-0.05, 0) is 18.4 Å². The molecule has 2 aliphatic heterocycles. The van der Waals surface area contributed by atoms with Gasteiger partial charge in [-0.1, -0.05) is 37.3 Å². The summed E-state index contributed by atoms with van der Waals surface area (Å²) >= 11 is 0. The van der Waals surface area contributed by atoms with E-state index in [0.717, 1.165) is 18.4 Å². The summed E-state index contributed by atoms with van der Waals surface area (Å²) in [4.78, 5) is 29.2. The zero-order chi connectivity index (χ0) is 17.9. The number of amides is 2. The molecule has 0 saturated carbocycles. The molecule has 0 aromatic heterocycles. The van der Waals surface area contributed by atoms with Crippen molar-refractivity contribution in [2.75, 3.05) is 33.4 Å². The first-order valence-corrected chi connectivity index (χ1v) is 9.20. The average Bonchev–Trinajstić information content (AvgIpc) is 3.00. The fraction of sp³-hybridized carbons (Fsp3) is 0.600. The Kier molecular flexibility index (Phi) is 5.42. The maximum atomic E-state index is 13.2. The van der Waals surface area contributed by atoms with Gasteiger partial charge in [-0.3, -0.25) is 9.59 Å². The molecule has 3 rings (SSSR count). The third kappa shape index (κ3) is 3.71. The van der Waals surface area contributed by atoms with Gasteiger partial charge in [0.25, 0.3) is 0 Å². The van der Waals surface area contributed by atoms with Gasteiger partial charge in [-0.15, -0.1) is 0 Å². The van der Waals surface area contributed by atoms with Crippen LogP contribution in [-0.2, 0) is 20.9 Å². The molecule has 2 fully saturated rings. The molecule has 1 aromatic carbocycles. The van der Waals surface area contributed by atoms with Crippen molar-refractivity contribution in [2.24, 2.45) is 11.3 Å². The van der Waals surface area contributed by atoms with Crippen molar-refractivity contribution in [2.45, 2.75) is 32.7 Å². The van der Waals surface area contributed by atoms with Crippen LogP contribution in [-0.4, -0.2) is 55.0 Å². The Balaban J connectivity index is 1.76. The Hall–Kier alpha value is -1.88. The lowest BCUT2D eigenvalue weighted by Crippen LogP contribution is -2.44. The first kappa shape index (κ1) is 17.9. The molecule has 0 aliphatic carbocycles. The largest absolute Gasteiger partial charge is 0.381 e. The predicted octanol–water partition coefficient (Wildman–Crippen LogP) is 2.31. The second-order valence-electron chi connectivity index (χ2n) is 7.34. The Morgan fingerprint density at radius 3 is 2.56 bits per heavy atom. The fourth-order valence-corrected chi connectivity index (χ4v) is 4.21. The monoisotopic (exact) mass is 344 g/mol. The van der Waals surface area contributed by atoms with E-state index in [1.165, 1.54) is 0 Å². The van der Waals surface area contributed by atoms with Crippen LogP contribution in [0.1, 0.15) is 31.7 Å². The molecule has 25 heavy (non-hydrogen) atoms. The third-order valence-corrected chi connectivity index (χ3v) is 5.73. The van der Waals surface area contributed by atoms with Crippen LogP contribution >= 0.6 is 0 Å². The van der Waals surface area contributed by atoms with E-state index in [1.807, 2.05) is 54.1 Å². The third-order valence-electron chi connectivity index (χ3n) is 5.73. The van der Waals surface area contributed by atoms with E-state index in [4.69, 9.17) is 4.74 Å². The van der Waals surface area contributed by atoms with Gasteiger partial charge in [0.15, 0.2) is 0 Å².